The molecular formula is C16H22ClN3O4S. The van der Waals surface area contributed by atoms with Gasteiger partial charge in [-0.1, -0.05) is 25.4 Å². The van der Waals surface area contributed by atoms with Crippen LogP contribution in [0.2, 0.25) is 5.02 Å². The van der Waals surface area contributed by atoms with Gasteiger partial charge >= 0.3 is 6.03 Å². The molecule has 0 aromatic heterocycles. The van der Waals surface area contributed by atoms with Gasteiger partial charge in [0.05, 0.1) is 11.5 Å². The molecule has 7 nitrogen and oxygen atoms in total. The summed E-state index contributed by atoms with van der Waals surface area (Å²) in [6.45, 7) is 3.62. The minimum Gasteiger partial charge on any atom is -0.334 e. The fourth-order valence-corrected chi connectivity index (χ4v) is 4.36. The Morgan fingerprint density at radius 2 is 1.84 bits per heavy atom. The number of nitrogens with one attached hydrogen (secondary N) is 3. The number of anilines is 1. The maximum Gasteiger partial charge on any atom is 0.315 e. The Kier molecular flexibility index (Phi) is 6.29. The van der Waals surface area contributed by atoms with Crippen LogP contribution in [0.15, 0.2) is 24.3 Å². The second-order valence-corrected chi connectivity index (χ2v) is 9.10. The topological polar surface area (TPSA) is 104 Å². The van der Waals surface area contributed by atoms with E-state index in [1.54, 1.807) is 24.3 Å². The maximum absolute atomic E-state index is 12.4. The van der Waals surface area contributed by atoms with E-state index in [4.69, 9.17) is 11.6 Å². The van der Waals surface area contributed by atoms with Crippen LogP contribution in [0.1, 0.15) is 20.3 Å². The number of hydrogen-bond acceptors (Lipinski definition) is 4. The highest BCUT2D eigenvalue weighted by atomic mass is 35.5. The molecule has 1 aliphatic rings. The summed E-state index contributed by atoms with van der Waals surface area (Å²) >= 11 is 5.81. The summed E-state index contributed by atoms with van der Waals surface area (Å²) in [5.74, 6) is -0.497. The smallest absolute Gasteiger partial charge is 0.315 e. The van der Waals surface area contributed by atoms with Crippen LogP contribution in [0.5, 0.6) is 0 Å². The first-order valence-corrected chi connectivity index (χ1v) is 10.2. The Balaban J connectivity index is 1.94. The van der Waals surface area contributed by atoms with Crippen molar-refractivity contribution in [1.82, 2.24) is 10.6 Å². The molecule has 1 fully saturated rings. The molecule has 0 aliphatic carbocycles. The number of halogens is 1. The van der Waals surface area contributed by atoms with E-state index in [9.17, 15) is 18.0 Å². The van der Waals surface area contributed by atoms with E-state index in [2.05, 4.69) is 16.0 Å². The number of benzene rings is 1. The average molecular weight is 388 g/mol. The highest BCUT2D eigenvalue weighted by Gasteiger charge is 2.30. The Morgan fingerprint density at radius 1 is 1.20 bits per heavy atom. The van der Waals surface area contributed by atoms with Crippen LogP contribution >= 0.6 is 11.6 Å². The third-order valence-corrected chi connectivity index (χ3v) is 5.94. The molecule has 3 amide bonds. The Labute approximate surface area is 152 Å². The third-order valence-electron chi connectivity index (χ3n) is 3.92. The first-order chi connectivity index (χ1) is 11.7. The van der Waals surface area contributed by atoms with E-state index in [1.165, 1.54) is 0 Å². The van der Waals surface area contributed by atoms with E-state index in [0.29, 0.717) is 17.1 Å². The quantitative estimate of drug-likeness (QED) is 0.716. The molecule has 0 bridgehead atoms. The third kappa shape index (κ3) is 5.89. The van der Waals surface area contributed by atoms with E-state index < -0.39 is 28.0 Å². The normalized spacial score (nSPS) is 20.1. The number of carbonyl (C=O) groups is 2. The van der Waals surface area contributed by atoms with Crippen molar-refractivity contribution in [2.75, 3.05) is 16.8 Å². The minimum atomic E-state index is -3.08. The fraction of sp³-hybridized carbons (Fsp3) is 0.500. The van der Waals surface area contributed by atoms with Crippen LogP contribution in [0.4, 0.5) is 10.5 Å². The van der Waals surface area contributed by atoms with Gasteiger partial charge in [-0.15, -0.1) is 0 Å². The van der Waals surface area contributed by atoms with Gasteiger partial charge in [-0.3, -0.25) is 4.79 Å². The van der Waals surface area contributed by atoms with Crippen LogP contribution in [-0.2, 0) is 14.6 Å². The van der Waals surface area contributed by atoms with E-state index in [0.717, 1.165) is 0 Å². The summed E-state index contributed by atoms with van der Waals surface area (Å²) in [5.41, 5.74) is 0.573. The first kappa shape index (κ1) is 19.5. The number of urea groups is 1. The van der Waals surface area contributed by atoms with E-state index in [-0.39, 0.29) is 23.3 Å². The molecule has 3 N–H and O–H groups in total. The van der Waals surface area contributed by atoms with Crippen molar-refractivity contribution >= 4 is 39.1 Å². The molecule has 9 heteroatoms. The zero-order valence-electron chi connectivity index (χ0n) is 14.1. The van der Waals surface area contributed by atoms with Crippen molar-refractivity contribution in [3.8, 4) is 0 Å². The lowest BCUT2D eigenvalue weighted by molar-refractivity contribution is -0.118. The van der Waals surface area contributed by atoms with Gasteiger partial charge in [-0.05, 0) is 36.6 Å². The lowest BCUT2D eigenvalue weighted by Crippen LogP contribution is -2.52. The molecule has 0 spiro atoms. The summed E-state index contributed by atoms with van der Waals surface area (Å²) in [4.78, 5) is 24.5. The van der Waals surface area contributed by atoms with Gasteiger partial charge in [0.25, 0.3) is 0 Å². The standard InChI is InChI=1S/C16H22ClN3O4S/c1-10(2)14(15(21)18-12-5-3-11(17)4-6-12)20-16(22)19-13-7-8-25(23,24)9-13/h3-6,10,13-14H,7-9H2,1-2H3,(H,18,21)(H2,19,20,22)/t13-,14+/m1/s1. The minimum absolute atomic E-state index is 0.0657. The van der Waals surface area contributed by atoms with Crippen LogP contribution in [0.3, 0.4) is 0 Å². The van der Waals surface area contributed by atoms with Crippen molar-refractivity contribution in [3.05, 3.63) is 29.3 Å². The number of carbonyl (C=O) groups excluding carboxylic acids is 2. The van der Waals surface area contributed by atoms with Gasteiger partial charge in [-0.25, -0.2) is 13.2 Å². The van der Waals surface area contributed by atoms with Gasteiger partial charge in [-0.2, -0.15) is 0 Å². The number of hydrogen-bond donors (Lipinski definition) is 3. The second kappa shape index (κ2) is 8.05. The molecule has 1 aromatic carbocycles. The summed E-state index contributed by atoms with van der Waals surface area (Å²) in [6.07, 6.45) is 0.388. The Hall–Kier alpha value is -1.80. The SMILES string of the molecule is CC(C)[C@H](NC(=O)N[C@@H]1CCS(=O)(=O)C1)C(=O)Nc1ccc(Cl)cc1. The molecule has 25 heavy (non-hydrogen) atoms. The summed E-state index contributed by atoms with van der Waals surface area (Å²) < 4.78 is 22.9. The largest absolute Gasteiger partial charge is 0.334 e. The molecule has 1 aliphatic heterocycles. The van der Waals surface area contributed by atoms with Crippen molar-refractivity contribution < 1.29 is 18.0 Å². The van der Waals surface area contributed by atoms with Crippen molar-refractivity contribution in [2.45, 2.75) is 32.4 Å². The maximum atomic E-state index is 12.4. The molecule has 1 heterocycles. The predicted octanol–water partition coefficient (Wildman–Crippen LogP) is 1.79. The zero-order valence-corrected chi connectivity index (χ0v) is 15.7. The summed E-state index contributed by atoms with van der Waals surface area (Å²) in [6, 6.07) is 4.92. The highest BCUT2D eigenvalue weighted by Crippen LogP contribution is 2.15. The summed E-state index contributed by atoms with van der Waals surface area (Å²) in [5, 5.41) is 8.52. The van der Waals surface area contributed by atoms with Crippen LogP contribution in [-0.4, -0.2) is 43.9 Å². The number of rotatable bonds is 5. The van der Waals surface area contributed by atoms with Crippen molar-refractivity contribution in [1.29, 1.82) is 0 Å². The average Bonchev–Trinajstić information content (AvgIpc) is 2.85. The molecule has 0 radical (unpaired) electrons. The van der Waals surface area contributed by atoms with E-state index >= 15 is 0 Å². The van der Waals surface area contributed by atoms with Gasteiger partial charge < -0.3 is 16.0 Å². The number of amides is 3. The lowest BCUT2D eigenvalue weighted by Gasteiger charge is -2.23. The monoisotopic (exact) mass is 387 g/mol. The molecule has 138 valence electrons. The van der Waals surface area contributed by atoms with Crippen molar-refractivity contribution in [2.24, 2.45) is 5.92 Å². The van der Waals surface area contributed by atoms with Gasteiger partial charge in [0.2, 0.25) is 5.91 Å². The zero-order chi connectivity index (χ0) is 18.6. The molecule has 1 saturated heterocycles. The Bertz CT molecular complexity index is 734. The molecule has 2 atom stereocenters. The fourth-order valence-electron chi connectivity index (χ4n) is 2.57. The van der Waals surface area contributed by atoms with Gasteiger partial charge in [0.15, 0.2) is 9.84 Å². The molecular weight excluding hydrogens is 366 g/mol. The van der Waals surface area contributed by atoms with Crippen LogP contribution in [0, 0.1) is 5.92 Å². The molecule has 1 aromatic rings. The Morgan fingerprint density at radius 3 is 2.36 bits per heavy atom. The van der Waals surface area contributed by atoms with Gasteiger partial charge in [0, 0.05) is 16.8 Å². The first-order valence-electron chi connectivity index (χ1n) is 8.00. The number of sulfone groups is 1. The molecule has 0 unspecified atom stereocenters. The molecule has 2 rings (SSSR count). The van der Waals surface area contributed by atoms with Crippen molar-refractivity contribution in [3.63, 3.8) is 0 Å². The van der Waals surface area contributed by atoms with Crippen LogP contribution < -0.4 is 16.0 Å². The highest BCUT2D eigenvalue weighted by molar-refractivity contribution is 7.91. The predicted molar refractivity (Wildman–Crippen MR) is 97.4 cm³/mol. The van der Waals surface area contributed by atoms with Gasteiger partial charge in [0.1, 0.15) is 6.04 Å². The second-order valence-electron chi connectivity index (χ2n) is 6.44. The van der Waals surface area contributed by atoms with Crippen LogP contribution in [0.25, 0.3) is 0 Å². The summed E-state index contributed by atoms with van der Waals surface area (Å²) in [7, 11) is -3.08. The lowest BCUT2D eigenvalue weighted by atomic mass is 10.0. The van der Waals surface area contributed by atoms with E-state index in [1.807, 2.05) is 13.8 Å². The molecule has 0 saturated carbocycles.